The summed E-state index contributed by atoms with van der Waals surface area (Å²) in [5.41, 5.74) is 1.01. The minimum Gasteiger partial charge on any atom is -0.493 e. The van der Waals surface area contributed by atoms with Crippen molar-refractivity contribution >= 4 is 5.91 Å². The van der Waals surface area contributed by atoms with Gasteiger partial charge in [0.05, 0.1) is 13.7 Å². The van der Waals surface area contributed by atoms with E-state index in [4.69, 9.17) is 9.47 Å². The molecule has 2 rings (SSSR count). The highest BCUT2D eigenvalue weighted by Gasteiger charge is 2.14. The first kappa shape index (κ1) is 17.6. The monoisotopic (exact) mass is 320 g/mol. The van der Waals surface area contributed by atoms with Gasteiger partial charge in [0, 0.05) is 13.0 Å². The van der Waals surface area contributed by atoms with Crippen molar-refractivity contribution < 1.29 is 14.3 Å². The van der Waals surface area contributed by atoms with Crippen LogP contribution in [0.3, 0.4) is 0 Å². The van der Waals surface area contributed by atoms with E-state index in [-0.39, 0.29) is 5.91 Å². The Kier molecular flexibility index (Phi) is 7.20. The largest absolute Gasteiger partial charge is 0.493 e. The first-order valence-corrected chi connectivity index (χ1v) is 8.50. The van der Waals surface area contributed by atoms with E-state index in [0.717, 1.165) is 30.8 Å². The Balaban J connectivity index is 1.76. The first-order chi connectivity index (χ1) is 11.2. The predicted molar refractivity (Wildman–Crippen MR) is 90.8 cm³/mol. The lowest BCUT2D eigenvalue weighted by molar-refractivity contribution is -0.121. The van der Waals surface area contributed by atoms with Gasteiger partial charge in [-0.25, -0.2) is 0 Å². The molecule has 0 saturated carbocycles. The average molecular weight is 320 g/mol. The summed E-state index contributed by atoms with van der Waals surface area (Å²) in [4.78, 5) is 12.0. The van der Waals surface area contributed by atoms with E-state index in [9.17, 15) is 4.79 Å². The summed E-state index contributed by atoms with van der Waals surface area (Å²) in [5, 5.41) is 6.34. The van der Waals surface area contributed by atoms with Crippen LogP contribution in [0.4, 0.5) is 0 Å². The van der Waals surface area contributed by atoms with Gasteiger partial charge in [0.15, 0.2) is 11.5 Å². The van der Waals surface area contributed by atoms with Crippen molar-refractivity contribution in [3.63, 3.8) is 0 Å². The van der Waals surface area contributed by atoms with Crippen molar-refractivity contribution in [3.8, 4) is 11.5 Å². The molecule has 2 N–H and O–H groups in total. The number of hydrogen-bond acceptors (Lipinski definition) is 4. The van der Waals surface area contributed by atoms with Gasteiger partial charge in [-0.15, -0.1) is 0 Å². The zero-order valence-electron chi connectivity index (χ0n) is 14.2. The van der Waals surface area contributed by atoms with Gasteiger partial charge < -0.3 is 20.1 Å². The average Bonchev–Trinajstić information content (AvgIpc) is 2.60. The highest BCUT2D eigenvalue weighted by molar-refractivity contribution is 5.75. The minimum atomic E-state index is 0.122. The first-order valence-electron chi connectivity index (χ1n) is 8.50. The Bertz CT molecular complexity index is 499. The molecule has 0 aromatic heterocycles. The van der Waals surface area contributed by atoms with Crippen molar-refractivity contribution in [1.29, 1.82) is 0 Å². The van der Waals surface area contributed by atoms with Crippen LogP contribution in [0.5, 0.6) is 11.5 Å². The molecule has 0 atom stereocenters. The van der Waals surface area contributed by atoms with Crippen LogP contribution in [-0.4, -0.2) is 32.7 Å². The van der Waals surface area contributed by atoms with Gasteiger partial charge in [0.2, 0.25) is 5.91 Å². The van der Waals surface area contributed by atoms with E-state index in [1.165, 1.54) is 12.8 Å². The molecule has 0 radical (unpaired) electrons. The molecule has 1 heterocycles. The summed E-state index contributed by atoms with van der Waals surface area (Å²) in [7, 11) is 1.62. The van der Waals surface area contributed by atoms with E-state index in [1.54, 1.807) is 7.11 Å². The van der Waals surface area contributed by atoms with Gasteiger partial charge in [-0.2, -0.15) is 0 Å². The van der Waals surface area contributed by atoms with Crippen LogP contribution >= 0.6 is 0 Å². The van der Waals surface area contributed by atoms with Crippen LogP contribution < -0.4 is 20.1 Å². The summed E-state index contributed by atoms with van der Waals surface area (Å²) in [6.07, 6.45) is 3.96. The molecule has 128 valence electrons. The maximum atomic E-state index is 12.0. The zero-order valence-corrected chi connectivity index (χ0v) is 14.2. The number of carbonyl (C=O) groups excluding carboxylic acids is 1. The van der Waals surface area contributed by atoms with Crippen molar-refractivity contribution in [3.05, 3.63) is 23.8 Å². The summed E-state index contributed by atoms with van der Waals surface area (Å²) in [6, 6.07) is 5.76. The van der Waals surface area contributed by atoms with E-state index in [2.05, 4.69) is 10.6 Å². The van der Waals surface area contributed by atoms with E-state index < -0.39 is 0 Å². The van der Waals surface area contributed by atoms with Gasteiger partial charge >= 0.3 is 0 Å². The molecule has 23 heavy (non-hydrogen) atoms. The number of amides is 1. The minimum absolute atomic E-state index is 0.122. The van der Waals surface area contributed by atoms with Crippen LogP contribution in [0.1, 0.15) is 38.2 Å². The molecule has 0 bridgehead atoms. The standard InChI is InChI=1S/C18H28N2O3/c1-3-23-16-6-4-15(12-17(16)22-2)13-20-18(21)7-5-14-8-10-19-11-9-14/h4,6,12,14,19H,3,5,7-11,13H2,1-2H3,(H,20,21). The molecule has 1 aliphatic heterocycles. The summed E-state index contributed by atoms with van der Waals surface area (Å²) < 4.78 is 10.8. The molecule has 1 aromatic carbocycles. The van der Waals surface area contributed by atoms with Gasteiger partial charge in [-0.1, -0.05) is 6.07 Å². The Labute approximate surface area is 138 Å². The maximum Gasteiger partial charge on any atom is 0.220 e. The van der Waals surface area contributed by atoms with Gasteiger partial charge in [-0.05, 0) is 62.9 Å². The van der Waals surface area contributed by atoms with E-state index in [1.807, 2.05) is 25.1 Å². The molecule has 1 amide bonds. The van der Waals surface area contributed by atoms with E-state index in [0.29, 0.717) is 31.2 Å². The van der Waals surface area contributed by atoms with Crippen LogP contribution in [0.25, 0.3) is 0 Å². The number of piperidine rings is 1. The SMILES string of the molecule is CCOc1ccc(CNC(=O)CCC2CCNCC2)cc1OC. The van der Waals surface area contributed by atoms with Crippen LogP contribution in [0.15, 0.2) is 18.2 Å². The fourth-order valence-electron chi connectivity index (χ4n) is 2.89. The highest BCUT2D eigenvalue weighted by Crippen LogP contribution is 2.28. The Morgan fingerprint density at radius 3 is 2.78 bits per heavy atom. The lowest BCUT2D eigenvalue weighted by Gasteiger charge is -2.22. The number of hydrogen-bond donors (Lipinski definition) is 2. The lowest BCUT2D eigenvalue weighted by Crippen LogP contribution is -2.29. The molecule has 5 heteroatoms. The molecule has 0 spiro atoms. The van der Waals surface area contributed by atoms with Crippen LogP contribution in [-0.2, 0) is 11.3 Å². The van der Waals surface area contributed by atoms with Crippen molar-refractivity contribution in [2.24, 2.45) is 5.92 Å². The second-order valence-electron chi connectivity index (χ2n) is 5.93. The fraction of sp³-hybridized carbons (Fsp3) is 0.611. The van der Waals surface area contributed by atoms with Crippen molar-refractivity contribution in [1.82, 2.24) is 10.6 Å². The third-order valence-electron chi connectivity index (χ3n) is 4.26. The van der Waals surface area contributed by atoms with E-state index >= 15 is 0 Å². The topological polar surface area (TPSA) is 59.6 Å². The number of methoxy groups -OCH3 is 1. The number of carbonyl (C=O) groups is 1. The van der Waals surface area contributed by atoms with Crippen molar-refractivity contribution in [2.75, 3.05) is 26.8 Å². The van der Waals surface area contributed by atoms with Crippen LogP contribution in [0.2, 0.25) is 0 Å². The summed E-state index contributed by atoms with van der Waals surface area (Å²) >= 11 is 0. The van der Waals surface area contributed by atoms with Gasteiger partial charge in [0.1, 0.15) is 0 Å². The Morgan fingerprint density at radius 1 is 1.30 bits per heavy atom. The molecule has 0 unspecified atom stereocenters. The van der Waals surface area contributed by atoms with Crippen molar-refractivity contribution in [2.45, 2.75) is 39.2 Å². The quantitative estimate of drug-likeness (QED) is 0.772. The highest BCUT2D eigenvalue weighted by atomic mass is 16.5. The second kappa shape index (κ2) is 9.40. The Morgan fingerprint density at radius 2 is 2.09 bits per heavy atom. The molecule has 1 aliphatic rings. The normalized spacial score (nSPS) is 15.2. The number of rotatable bonds is 8. The Hall–Kier alpha value is -1.75. The lowest BCUT2D eigenvalue weighted by atomic mass is 9.93. The molecule has 1 fully saturated rings. The molecule has 1 aromatic rings. The maximum absolute atomic E-state index is 12.0. The smallest absolute Gasteiger partial charge is 0.220 e. The third-order valence-corrected chi connectivity index (χ3v) is 4.26. The fourth-order valence-corrected chi connectivity index (χ4v) is 2.89. The summed E-state index contributed by atoms with van der Waals surface area (Å²) in [5.74, 6) is 2.24. The third kappa shape index (κ3) is 5.75. The summed E-state index contributed by atoms with van der Waals surface area (Å²) in [6.45, 7) is 5.23. The number of ether oxygens (including phenoxy) is 2. The van der Waals surface area contributed by atoms with Gasteiger partial charge in [-0.3, -0.25) is 4.79 Å². The molecular formula is C18H28N2O3. The molecule has 5 nitrogen and oxygen atoms in total. The zero-order chi connectivity index (χ0) is 16.5. The molecular weight excluding hydrogens is 292 g/mol. The number of nitrogens with one attached hydrogen (secondary N) is 2. The molecule has 1 saturated heterocycles. The molecule has 0 aliphatic carbocycles. The van der Waals surface area contributed by atoms with Gasteiger partial charge in [0.25, 0.3) is 0 Å². The predicted octanol–water partition coefficient (Wildman–Crippen LogP) is 2.49. The van der Waals surface area contributed by atoms with Crippen LogP contribution in [0, 0.1) is 5.92 Å². The second-order valence-corrected chi connectivity index (χ2v) is 5.93. The number of benzene rings is 1.